The molecule has 1 N–H and O–H groups in total. The van der Waals surface area contributed by atoms with Gasteiger partial charge in [0.15, 0.2) is 6.10 Å². The van der Waals surface area contributed by atoms with Crippen molar-refractivity contribution in [2.75, 3.05) is 19.7 Å². The van der Waals surface area contributed by atoms with Gasteiger partial charge in [0.2, 0.25) is 0 Å². The molecule has 2 rings (SSSR count). The predicted molar refractivity (Wildman–Crippen MR) is 78.4 cm³/mol. The van der Waals surface area contributed by atoms with E-state index in [-0.39, 0.29) is 24.5 Å². The fraction of sp³-hybridized carbons (Fsp3) is 0.500. The number of benzene rings is 1. The smallest absolute Gasteiger partial charge is 0.334 e. The Balaban J connectivity index is 2.26. The average molecular weight is 291 g/mol. The van der Waals surface area contributed by atoms with Gasteiger partial charge in [-0.1, -0.05) is 39.0 Å². The molecule has 1 aromatic rings. The number of nitrogens with zero attached hydrogens (tertiary/aromatic N) is 1. The lowest BCUT2D eigenvalue weighted by molar-refractivity contribution is -0.154. The number of carbonyl (C=O) groups is 2. The summed E-state index contributed by atoms with van der Waals surface area (Å²) in [5.74, 6) is -1.16. The van der Waals surface area contributed by atoms with Crippen LogP contribution in [0.15, 0.2) is 24.3 Å². The van der Waals surface area contributed by atoms with Gasteiger partial charge in [-0.25, -0.2) is 4.79 Å². The van der Waals surface area contributed by atoms with Crippen LogP contribution in [0, 0.1) is 0 Å². The molecule has 1 aliphatic rings. The van der Waals surface area contributed by atoms with Crippen molar-refractivity contribution in [3.8, 4) is 0 Å². The Kier molecular flexibility index (Phi) is 4.32. The summed E-state index contributed by atoms with van der Waals surface area (Å²) in [7, 11) is 0. The zero-order valence-corrected chi connectivity index (χ0v) is 12.6. The highest BCUT2D eigenvalue weighted by Gasteiger charge is 2.31. The number of amides is 1. The van der Waals surface area contributed by atoms with E-state index in [0.29, 0.717) is 12.1 Å². The first-order valence-electron chi connectivity index (χ1n) is 7.04. The number of carboxylic acids is 1. The number of aliphatic carboxylic acids is 1. The molecule has 5 heteroatoms. The summed E-state index contributed by atoms with van der Waals surface area (Å²) in [5.41, 5.74) is 1.45. The van der Waals surface area contributed by atoms with Crippen molar-refractivity contribution in [3.63, 3.8) is 0 Å². The second-order valence-electron chi connectivity index (χ2n) is 6.24. The number of carboxylic acid groups (broad SMARTS) is 1. The molecule has 21 heavy (non-hydrogen) atoms. The molecule has 0 aromatic heterocycles. The lowest BCUT2D eigenvalue weighted by Crippen LogP contribution is -2.48. The molecule has 0 spiro atoms. The van der Waals surface area contributed by atoms with E-state index in [1.165, 1.54) is 0 Å². The molecule has 1 saturated heterocycles. The molecule has 1 heterocycles. The molecular formula is C16H21NO4. The summed E-state index contributed by atoms with van der Waals surface area (Å²) < 4.78 is 5.16. The summed E-state index contributed by atoms with van der Waals surface area (Å²) in [6, 6.07) is 7.49. The van der Waals surface area contributed by atoms with Gasteiger partial charge in [-0.05, 0) is 17.0 Å². The highest BCUT2D eigenvalue weighted by atomic mass is 16.5. The highest BCUT2D eigenvalue weighted by molar-refractivity contribution is 5.96. The second kappa shape index (κ2) is 5.85. The Labute approximate surface area is 124 Å². The molecule has 1 fully saturated rings. The van der Waals surface area contributed by atoms with Crippen LogP contribution >= 0.6 is 0 Å². The van der Waals surface area contributed by atoms with E-state index in [0.717, 1.165) is 5.56 Å². The molecule has 1 aromatic carbocycles. The molecule has 0 unspecified atom stereocenters. The zero-order valence-electron chi connectivity index (χ0n) is 12.6. The Hall–Kier alpha value is -1.88. The quantitative estimate of drug-likeness (QED) is 0.904. The van der Waals surface area contributed by atoms with Crippen molar-refractivity contribution < 1.29 is 19.4 Å². The Morgan fingerprint density at radius 2 is 1.95 bits per heavy atom. The lowest BCUT2D eigenvalue weighted by Gasteiger charge is -2.32. The summed E-state index contributed by atoms with van der Waals surface area (Å²) in [6.07, 6.45) is -0.940. The number of rotatable bonds is 2. The molecule has 114 valence electrons. The third-order valence-electron chi connectivity index (χ3n) is 3.59. The van der Waals surface area contributed by atoms with Crippen LogP contribution in [0.4, 0.5) is 0 Å². The van der Waals surface area contributed by atoms with Crippen molar-refractivity contribution in [2.45, 2.75) is 32.3 Å². The largest absolute Gasteiger partial charge is 0.479 e. The summed E-state index contributed by atoms with van der Waals surface area (Å²) in [5, 5.41) is 9.03. The monoisotopic (exact) mass is 291 g/mol. The molecule has 1 aliphatic heterocycles. The minimum absolute atomic E-state index is 0.0899. The first-order chi connectivity index (χ1) is 9.80. The highest BCUT2D eigenvalue weighted by Crippen LogP contribution is 2.27. The molecule has 0 aliphatic carbocycles. The fourth-order valence-corrected chi connectivity index (χ4v) is 2.48. The number of morpholine rings is 1. The van der Waals surface area contributed by atoms with Gasteiger partial charge in [-0.15, -0.1) is 0 Å². The van der Waals surface area contributed by atoms with Gasteiger partial charge in [0.1, 0.15) is 0 Å². The maximum absolute atomic E-state index is 12.7. The van der Waals surface area contributed by atoms with Gasteiger partial charge < -0.3 is 14.7 Å². The molecule has 5 nitrogen and oxygen atoms in total. The normalized spacial score (nSPS) is 19.4. The topological polar surface area (TPSA) is 66.8 Å². The minimum Gasteiger partial charge on any atom is -0.479 e. The molecular weight excluding hydrogens is 270 g/mol. The van der Waals surface area contributed by atoms with Gasteiger partial charge >= 0.3 is 5.97 Å². The maximum atomic E-state index is 12.7. The van der Waals surface area contributed by atoms with Gasteiger partial charge in [-0.3, -0.25) is 4.79 Å². The van der Waals surface area contributed by atoms with Crippen LogP contribution in [0.25, 0.3) is 0 Å². The predicted octanol–water partition coefficient (Wildman–Crippen LogP) is 1.91. The molecule has 1 atom stereocenters. The third-order valence-corrected chi connectivity index (χ3v) is 3.59. The summed E-state index contributed by atoms with van der Waals surface area (Å²) in [6.45, 7) is 6.92. The van der Waals surface area contributed by atoms with Crippen LogP contribution in [0.2, 0.25) is 0 Å². The van der Waals surface area contributed by atoms with Gasteiger partial charge in [-0.2, -0.15) is 0 Å². The first-order valence-corrected chi connectivity index (χ1v) is 7.04. The van der Waals surface area contributed by atoms with Gasteiger partial charge in [0.05, 0.1) is 13.2 Å². The molecule has 0 radical (unpaired) electrons. The number of ether oxygens (including phenoxy) is 1. The number of hydrogen-bond acceptors (Lipinski definition) is 3. The van der Waals surface area contributed by atoms with Crippen molar-refractivity contribution in [2.24, 2.45) is 0 Å². The van der Waals surface area contributed by atoms with E-state index in [1.54, 1.807) is 11.0 Å². The van der Waals surface area contributed by atoms with Crippen molar-refractivity contribution in [1.29, 1.82) is 0 Å². The van der Waals surface area contributed by atoms with Crippen molar-refractivity contribution in [3.05, 3.63) is 35.4 Å². The van der Waals surface area contributed by atoms with E-state index in [1.807, 2.05) is 18.2 Å². The number of hydrogen-bond donors (Lipinski definition) is 1. The van der Waals surface area contributed by atoms with Crippen LogP contribution in [-0.2, 0) is 14.9 Å². The van der Waals surface area contributed by atoms with Crippen LogP contribution in [0.5, 0.6) is 0 Å². The van der Waals surface area contributed by atoms with Crippen LogP contribution in [-0.4, -0.2) is 47.7 Å². The molecule has 0 saturated carbocycles. The van der Waals surface area contributed by atoms with Crippen LogP contribution in [0.3, 0.4) is 0 Å². The van der Waals surface area contributed by atoms with Crippen LogP contribution < -0.4 is 0 Å². The Morgan fingerprint density at radius 1 is 1.29 bits per heavy atom. The van der Waals surface area contributed by atoms with Gasteiger partial charge in [0.25, 0.3) is 5.91 Å². The van der Waals surface area contributed by atoms with Crippen molar-refractivity contribution in [1.82, 2.24) is 4.90 Å². The summed E-state index contributed by atoms with van der Waals surface area (Å²) >= 11 is 0. The maximum Gasteiger partial charge on any atom is 0.334 e. The SMILES string of the molecule is CC(C)(C)c1ccccc1C(=O)N1CCO[C@H](C(=O)O)C1. The lowest BCUT2D eigenvalue weighted by atomic mass is 9.83. The first kappa shape index (κ1) is 15.5. The molecule has 0 bridgehead atoms. The second-order valence-corrected chi connectivity index (χ2v) is 6.24. The third kappa shape index (κ3) is 3.42. The zero-order chi connectivity index (χ0) is 15.6. The summed E-state index contributed by atoms with van der Waals surface area (Å²) in [4.78, 5) is 25.3. The van der Waals surface area contributed by atoms with E-state index in [4.69, 9.17) is 9.84 Å². The van der Waals surface area contributed by atoms with Crippen molar-refractivity contribution >= 4 is 11.9 Å². The Morgan fingerprint density at radius 3 is 2.57 bits per heavy atom. The van der Waals surface area contributed by atoms with Gasteiger partial charge in [0, 0.05) is 12.1 Å². The fourth-order valence-electron chi connectivity index (χ4n) is 2.48. The van der Waals surface area contributed by atoms with Crippen LogP contribution in [0.1, 0.15) is 36.7 Å². The minimum atomic E-state index is -1.03. The van der Waals surface area contributed by atoms with E-state index >= 15 is 0 Å². The van der Waals surface area contributed by atoms with E-state index in [9.17, 15) is 9.59 Å². The van der Waals surface area contributed by atoms with E-state index in [2.05, 4.69) is 20.8 Å². The Bertz CT molecular complexity index is 547. The molecule has 1 amide bonds. The average Bonchev–Trinajstić information content (AvgIpc) is 2.45. The standard InChI is InChI=1S/C16H21NO4/c1-16(2,3)12-7-5-4-6-11(12)14(18)17-8-9-21-13(10-17)15(19)20/h4-7,13H,8-10H2,1-3H3,(H,19,20)/t13-/m0/s1. The number of carbonyl (C=O) groups excluding carboxylic acids is 1. The van der Waals surface area contributed by atoms with E-state index < -0.39 is 12.1 Å².